The molecule has 1 fully saturated rings. The average Bonchev–Trinajstić information content (AvgIpc) is 2.29. The first-order valence-corrected chi connectivity index (χ1v) is 6.15. The number of ether oxygens (including phenoxy) is 1. The van der Waals surface area contributed by atoms with Gasteiger partial charge in [-0.1, -0.05) is 6.07 Å². The van der Waals surface area contributed by atoms with Gasteiger partial charge in [-0.3, -0.25) is 0 Å². The molecule has 1 aliphatic rings. The van der Waals surface area contributed by atoms with Gasteiger partial charge in [-0.05, 0) is 38.4 Å². The van der Waals surface area contributed by atoms with Crippen molar-refractivity contribution in [3.8, 4) is 0 Å². The predicted octanol–water partition coefficient (Wildman–Crippen LogP) is 1.20. The summed E-state index contributed by atoms with van der Waals surface area (Å²) in [6.45, 7) is 7.42. The molecule has 1 aromatic heterocycles. The van der Waals surface area contributed by atoms with Gasteiger partial charge in [0, 0.05) is 19.3 Å². The van der Waals surface area contributed by atoms with E-state index in [0.717, 1.165) is 31.9 Å². The highest BCUT2D eigenvalue weighted by Gasteiger charge is 2.28. The fourth-order valence-corrected chi connectivity index (χ4v) is 2.26. The maximum atomic E-state index is 5.72. The van der Waals surface area contributed by atoms with E-state index in [1.807, 2.05) is 12.3 Å². The van der Waals surface area contributed by atoms with Gasteiger partial charge in [0.25, 0.3) is 0 Å². The minimum atomic E-state index is -0.101. The van der Waals surface area contributed by atoms with Crippen molar-refractivity contribution in [2.45, 2.75) is 25.9 Å². The second-order valence-electron chi connectivity index (χ2n) is 5.05. The summed E-state index contributed by atoms with van der Waals surface area (Å²) in [4.78, 5) is 6.80. The Morgan fingerprint density at radius 3 is 3.06 bits per heavy atom. The second-order valence-corrected chi connectivity index (χ2v) is 5.05. The van der Waals surface area contributed by atoms with E-state index in [9.17, 15) is 0 Å². The van der Waals surface area contributed by atoms with Crippen LogP contribution in [-0.2, 0) is 11.2 Å². The summed E-state index contributed by atoms with van der Waals surface area (Å²) >= 11 is 0. The third-order valence-electron chi connectivity index (χ3n) is 3.01. The Balaban J connectivity index is 2.21. The average molecular weight is 235 g/mol. The zero-order valence-corrected chi connectivity index (χ0v) is 10.6. The largest absolute Gasteiger partial charge is 0.372 e. The van der Waals surface area contributed by atoms with Crippen LogP contribution in [0.5, 0.6) is 0 Å². The number of hydrogen-bond donors (Lipinski definition) is 1. The highest BCUT2D eigenvalue weighted by atomic mass is 16.5. The molecule has 1 saturated heterocycles. The molecule has 0 aromatic carbocycles. The minimum Gasteiger partial charge on any atom is -0.372 e. The summed E-state index contributed by atoms with van der Waals surface area (Å²) in [5.41, 5.74) is 6.77. The second kappa shape index (κ2) is 5.02. The van der Waals surface area contributed by atoms with E-state index in [2.05, 4.69) is 29.8 Å². The van der Waals surface area contributed by atoms with Gasteiger partial charge in [0.15, 0.2) is 0 Å². The third kappa shape index (κ3) is 2.96. The van der Waals surface area contributed by atoms with Gasteiger partial charge in [-0.15, -0.1) is 0 Å². The summed E-state index contributed by atoms with van der Waals surface area (Å²) in [5.74, 6) is 1.06. The van der Waals surface area contributed by atoms with Crippen LogP contribution in [0.25, 0.3) is 0 Å². The molecule has 1 aromatic rings. The Hall–Kier alpha value is -1.13. The van der Waals surface area contributed by atoms with Crippen molar-refractivity contribution in [2.24, 2.45) is 5.73 Å². The summed E-state index contributed by atoms with van der Waals surface area (Å²) < 4.78 is 5.72. The van der Waals surface area contributed by atoms with Crippen LogP contribution in [0.3, 0.4) is 0 Å². The monoisotopic (exact) mass is 235 g/mol. The fraction of sp³-hybridized carbons (Fsp3) is 0.615. The minimum absolute atomic E-state index is 0.101. The van der Waals surface area contributed by atoms with E-state index in [1.165, 1.54) is 5.56 Å². The van der Waals surface area contributed by atoms with E-state index in [0.29, 0.717) is 6.54 Å². The van der Waals surface area contributed by atoms with E-state index in [4.69, 9.17) is 10.5 Å². The lowest BCUT2D eigenvalue weighted by Crippen LogP contribution is -2.49. The van der Waals surface area contributed by atoms with Crippen molar-refractivity contribution in [3.63, 3.8) is 0 Å². The normalized spacial score (nSPS) is 19.4. The molecule has 0 atom stereocenters. The van der Waals surface area contributed by atoms with Crippen molar-refractivity contribution < 1.29 is 4.74 Å². The van der Waals surface area contributed by atoms with Crippen molar-refractivity contribution >= 4 is 5.82 Å². The molecule has 2 N–H and O–H groups in total. The van der Waals surface area contributed by atoms with Crippen LogP contribution in [0.4, 0.5) is 5.82 Å². The molecule has 0 radical (unpaired) electrons. The molecular formula is C13H21N3O. The molecule has 0 spiro atoms. The van der Waals surface area contributed by atoms with Gasteiger partial charge in [-0.25, -0.2) is 4.98 Å². The summed E-state index contributed by atoms with van der Waals surface area (Å²) in [5, 5.41) is 0. The number of nitrogens with zero attached hydrogens (tertiary/aromatic N) is 2. The highest BCUT2D eigenvalue weighted by molar-refractivity contribution is 5.47. The van der Waals surface area contributed by atoms with Crippen LogP contribution in [0.1, 0.15) is 19.4 Å². The van der Waals surface area contributed by atoms with Crippen molar-refractivity contribution in [1.29, 1.82) is 0 Å². The lowest BCUT2D eigenvalue weighted by atomic mass is 10.1. The van der Waals surface area contributed by atoms with Gasteiger partial charge in [0.1, 0.15) is 5.82 Å². The van der Waals surface area contributed by atoms with Crippen LogP contribution in [0, 0.1) is 0 Å². The van der Waals surface area contributed by atoms with Gasteiger partial charge in [0.2, 0.25) is 0 Å². The maximum Gasteiger partial charge on any atom is 0.131 e. The molecule has 2 heterocycles. The van der Waals surface area contributed by atoms with Crippen molar-refractivity contribution in [2.75, 3.05) is 31.1 Å². The fourth-order valence-electron chi connectivity index (χ4n) is 2.26. The first-order valence-electron chi connectivity index (χ1n) is 6.15. The molecule has 1 aliphatic heterocycles. The van der Waals surface area contributed by atoms with E-state index in [-0.39, 0.29) is 5.60 Å². The van der Waals surface area contributed by atoms with Crippen LogP contribution in [-0.4, -0.2) is 36.8 Å². The first-order chi connectivity index (χ1) is 8.12. The highest BCUT2D eigenvalue weighted by Crippen LogP contribution is 2.24. The number of morpholine rings is 1. The molecule has 4 nitrogen and oxygen atoms in total. The molecule has 17 heavy (non-hydrogen) atoms. The van der Waals surface area contributed by atoms with Gasteiger partial charge < -0.3 is 15.4 Å². The maximum absolute atomic E-state index is 5.72. The molecule has 0 unspecified atom stereocenters. The molecule has 0 amide bonds. The topological polar surface area (TPSA) is 51.4 Å². The summed E-state index contributed by atoms with van der Waals surface area (Å²) in [6, 6.07) is 4.08. The number of nitrogens with two attached hydrogens (primary N) is 1. The number of pyridine rings is 1. The molecule has 2 rings (SSSR count). The number of rotatable bonds is 3. The van der Waals surface area contributed by atoms with Crippen LogP contribution in [0.15, 0.2) is 18.3 Å². The Morgan fingerprint density at radius 1 is 1.53 bits per heavy atom. The first kappa shape index (κ1) is 12.3. The Kier molecular flexibility index (Phi) is 3.64. The summed E-state index contributed by atoms with van der Waals surface area (Å²) in [7, 11) is 0. The third-order valence-corrected chi connectivity index (χ3v) is 3.01. The SMILES string of the molecule is CC1(C)CN(c2ncccc2CCN)CCO1. The number of hydrogen-bond acceptors (Lipinski definition) is 4. The molecule has 4 heteroatoms. The zero-order valence-electron chi connectivity index (χ0n) is 10.6. The number of aromatic nitrogens is 1. The Bertz CT molecular complexity index is 379. The van der Waals surface area contributed by atoms with E-state index < -0.39 is 0 Å². The predicted molar refractivity (Wildman–Crippen MR) is 69.2 cm³/mol. The van der Waals surface area contributed by atoms with Gasteiger partial charge in [-0.2, -0.15) is 0 Å². The van der Waals surface area contributed by atoms with Gasteiger partial charge in [0.05, 0.1) is 12.2 Å². The Labute approximate surface area is 103 Å². The molecular weight excluding hydrogens is 214 g/mol. The zero-order chi connectivity index (χ0) is 12.3. The molecule has 0 aliphatic carbocycles. The van der Waals surface area contributed by atoms with Crippen molar-refractivity contribution in [1.82, 2.24) is 4.98 Å². The molecule has 0 saturated carbocycles. The van der Waals surface area contributed by atoms with Gasteiger partial charge >= 0.3 is 0 Å². The summed E-state index contributed by atoms with van der Waals surface area (Å²) in [6.07, 6.45) is 2.72. The quantitative estimate of drug-likeness (QED) is 0.855. The molecule has 0 bridgehead atoms. The smallest absolute Gasteiger partial charge is 0.131 e. The lowest BCUT2D eigenvalue weighted by molar-refractivity contribution is -0.0279. The lowest BCUT2D eigenvalue weighted by Gasteiger charge is -2.39. The molecule has 94 valence electrons. The van der Waals surface area contributed by atoms with E-state index >= 15 is 0 Å². The van der Waals surface area contributed by atoms with E-state index in [1.54, 1.807) is 0 Å². The van der Waals surface area contributed by atoms with Crippen molar-refractivity contribution in [3.05, 3.63) is 23.9 Å². The van der Waals surface area contributed by atoms with Crippen LogP contribution in [0.2, 0.25) is 0 Å². The van der Waals surface area contributed by atoms with Crippen LogP contribution < -0.4 is 10.6 Å². The number of anilines is 1. The van der Waals surface area contributed by atoms with Crippen LogP contribution >= 0.6 is 0 Å². The Morgan fingerprint density at radius 2 is 2.35 bits per heavy atom. The standard InChI is InChI=1S/C13H21N3O/c1-13(2)10-16(8-9-17-13)12-11(5-6-14)4-3-7-15-12/h3-4,7H,5-6,8-10,14H2,1-2H3.